The number of nitrogens with zero attached hydrogens (tertiary/aromatic N) is 3. The Morgan fingerprint density at radius 3 is 2.48 bits per heavy atom. The highest BCUT2D eigenvalue weighted by atomic mass is 35.5. The number of benzene rings is 1. The number of nitrogens with one attached hydrogen (secondary N) is 1. The van der Waals surface area contributed by atoms with Crippen molar-refractivity contribution in [2.75, 3.05) is 18.5 Å². The first kappa shape index (κ1) is 25.7. The topological polar surface area (TPSA) is 145 Å². The Morgan fingerprint density at radius 1 is 1.33 bits per heavy atom. The number of carbonyl (C=O) groups is 2. The predicted molar refractivity (Wildman–Crippen MR) is 111 cm³/mol. The molecule has 0 bridgehead atoms. The molecule has 2 heterocycles. The molecule has 0 aliphatic heterocycles. The van der Waals surface area contributed by atoms with Gasteiger partial charge in [0.05, 0.1) is 16.9 Å². The summed E-state index contributed by atoms with van der Waals surface area (Å²) in [5, 5.41) is 18.2. The molecule has 0 saturated carbocycles. The Labute approximate surface area is 190 Å². The zero-order valence-electron chi connectivity index (χ0n) is 17.3. The SMILES string of the molecule is Cc1cc(C(=O)Nc2ccc(OCCN)c(-c3c(Cl)cnn3C)c2)no1.O=C(O)C(F)(F)F. The molecule has 0 atom stereocenters. The number of halogens is 4. The molecule has 0 saturated heterocycles. The Bertz CT molecular complexity index is 1110. The van der Waals surface area contributed by atoms with E-state index in [0.29, 0.717) is 46.6 Å². The zero-order chi connectivity index (χ0) is 24.8. The van der Waals surface area contributed by atoms with Gasteiger partial charge in [0.25, 0.3) is 5.91 Å². The summed E-state index contributed by atoms with van der Waals surface area (Å²) in [6.45, 7) is 2.45. The molecule has 10 nitrogen and oxygen atoms in total. The number of anilines is 1. The van der Waals surface area contributed by atoms with Gasteiger partial charge in [0.15, 0.2) is 5.69 Å². The molecule has 3 rings (SSSR count). The average Bonchev–Trinajstić information content (AvgIpc) is 3.32. The Kier molecular flexibility index (Phi) is 8.43. The summed E-state index contributed by atoms with van der Waals surface area (Å²) in [5.74, 6) is -1.98. The third-order valence-electron chi connectivity index (χ3n) is 3.87. The van der Waals surface area contributed by atoms with Crippen LogP contribution in [0.25, 0.3) is 11.3 Å². The number of hydrogen-bond acceptors (Lipinski definition) is 7. The fourth-order valence-corrected chi connectivity index (χ4v) is 2.74. The molecule has 2 aromatic heterocycles. The summed E-state index contributed by atoms with van der Waals surface area (Å²) in [4.78, 5) is 21.2. The van der Waals surface area contributed by atoms with Crippen LogP contribution in [0.2, 0.25) is 5.02 Å². The van der Waals surface area contributed by atoms with E-state index in [9.17, 15) is 18.0 Å². The van der Waals surface area contributed by atoms with Crippen LogP contribution in [0.3, 0.4) is 0 Å². The minimum atomic E-state index is -5.08. The van der Waals surface area contributed by atoms with Crippen molar-refractivity contribution < 1.29 is 37.1 Å². The van der Waals surface area contributed by atoms with Crippen LogP contribution in [0.4, 0.5) is 18.9 Å². The molecule has 3 aromatic rings. The molecule has 0 aliphatic rings. The molecule has 0 unspecified atom stereocenters. The second-order valence-corrected chi connectivity index (χ2v) is 6.80. The average molecular weight is 490 g/mol. The molecule has 1 amide bonds. The molecule has 0 fully saturated rings. The van der Waals surface area contributed by atoms with Gasteiger partial charge in [-0.25, -0.2) is 4.79 Å². The largest absolute Gasteiger partial charge is 0.492 e. The lowest BCUT2D eigenvalue weighted by atomic mass is 10.1. The van der Waals surface area contributed by atoms with Crippen molar-refractivity contribution in [3.05, 3.63) is 46.9 Å². The quantitative estimate of drug-likeness (QED) is 0.478. The van der Waals surface area contributed by atoms with E-state index in [1.54, 1.807) is 49.1 Å². The monoisotopic (exact) mass is 489 g/mol. The molecular formula is C19H19ClF3N5O5. The van der Waals surface area contributed by atoms with Gasteiger partial charge in [-0.05, 0) is 25.1 Å². The van der Waals surface area contributed by atoms with Gasteiger partial charge >= 0.3 is 12.1 Å². The number of aromatic nitrogens is 3. The number of rotatable bonds is 6. The number of carboxylic acid groups (broad SMARTS) is 1. The van der Waals surface area contributed by atoms with Crippen molar-refractivity contribution in [2.24, 2.45) is 12.8 Å². The molecule has 0 spiro atoms. The molecule has 33 heavy (non-hydrogen) atoms. The van der Waals surface area contributed by atoms with Gasteiger partial charge in [0.1, 0.15) is 18.1 Å². The van der Waals surface area contributed by atoms with E-state index >= 15 is 0 Å². The van der Waals surface area contributed by atoms with Gasteiger partial charge < -0.3 is 25.4 Å². The van der Waals surface area contributed by atoms with Crippen LogP contribution in [-0.4, -0.2) is 51.2 Å². The van der Waals surface area contributed by atoms with Crippen molar-refractivity contribution >= 4 is 29.2 Å². The van der Waals surface area contributed by atoms with Crippen LogP contribution < -0.4 is 15.8 Å². The lowest BCUT2D eigenvalue weighted by molar-refractivity contribution is -0.192. The van der Waals surface area contributed by atoms with Gasteiger partial charge in [-0.2, -0.15) is 18.3 Å². The second-order valence-electron chi connectivity index (χ2n) is 6.39. The van der Waals surface area contributed by atoms with Crippen LogP contribution in [-0.2, 0) is 11.8 Å². The third kappa shape index (κ3) is 6.95. The predicted octanol–water partition coefficient (Wildman–Crippen LogP) is 3.26. The number of alkyl halides is 3. The summed E-state index contributed by atoms with van der Waals surface area (Å²) in [5.41, 5.74) is 7.65. The summed E-state index contributed by atoms with van der Waals surface area (Å²) >= 11 is 6.27. The molecule has 14 heteroatoms. The minimum absolute atomic E-state index is 0.200. The Balaban J connectivity index is 0.000000479. The number of hydrogen-bond donors (Lipinski definition) is 3. The first-order valence-electron chi connectivity index (χ1n) is 9.13. The zero-order valence-corrected chi connectivity index (χ0v) is 18.1. The number of amides is 1. The van der Waals surface area contributed by atoms with Gasteiger partial charge in [-0.3, -0.25) is 9.48 Å². The van der Waals surface area contributed by atoms with Gasteiger partial charge in [0, 0.05) is 30.9 Å². The third-order valence-corrected chi connectivity index (χ3v) is 4.14. The lowest BCUT2D eigenvalue weighted by Gasteiger charge is -2.14. The summed E-state index contributed by atoms with van der Waals surface area (Å²) in [6, 6.07) is 6.80. The van der Waals surface area contributed by atoms with Gasteiger partial charge in [-0.15, -0.1) is 0 Å². The number of aliphatic carboxylic acids is 1. The maximum Gasteiger partial charge on any atom is 0.490 e. The smallest absolute Gasteiger partial charge is 0.490 e. The van der Waals surface area contributed by atoms with Crippen molar-refractivity contribution in [1.82, 2.24) is 14.9 Å². The minimum Gasteiger partial charge on any atom is -0.492 e. The number of carboxylic acids is 1. The molecule has 0 radical (unpaired) electrons. The van der Waals surface area contributed by atoms with E-state index < -0.39 is 12.1 Å². The van der Waals surface area contributed by atoms with Crippen LogP contribution in [0.5, 0.6) is 5.75 Å². The molecule has 0 aliphatic carbocycles. The molecule has 4 N–H and O–H groups in total. The van der Waals surface area contributed by atoms with Crippen molar-refractivity contribution in [2.45, 2.75) is 13.1 Å². The van der Waals surface area contributed by atoms with E-state index in [1.165, 1.54) is 0 Å². The summed E-state index contributed by atoms with van der Waals surface area (Å²) in [7, 11) is 1.78. The fourth-order valence-electron chi connectivity index (χ4n) is 2.47. The molecule has 178 valence electrons. The van der Waals surface area contributed by atoms with E-state index in [-0.39, 0.29) is 11.6 Å². The summed E-state index contributed by atoms with van der Waals surface area (Å²) < 4.78 is 44.0. The van der Waals surface area contributed by atoms with E-state index in [4.69, 9.17) is 36.5 Å². The first-order chi connectivity index (χ1) is 15.4. The Morgan fingerprint density at radius 2 is 2.00 bits per heavy atom. The lowest BCUT2D eigenvalue weighted by Crippen LogP contribution is -2.21. The normalized spacial score (nSPS) is 10.9. The highest BCUT2D eigenvalue weighted by molar-refractivity contribution is 6.33. The van der Waals surface area contributed by atoms with Crippen LogP contribution in [0.1, 0.15) is 16.2 Å². The maximum absolute atomic E-state index is 12.3. The van der Waals surface area contributed by atoms with Crippen LogP contribution in [0, 0.1) is 6.92 Å². The highest BCUT2D eigenvalue weighted by Crippen LogP contribution is 2.36. The van der Waals surface area contributed by atoms with E-state index in [2.05, 4.69) is 15.6 Å². The van der Waals surface area contributed by atoms with Gasteiger partial charge in [-0.1, -0.05) is 16.8 Å². The van der Waals surface area contributed by atoms with Gasteiger partial charge in [0.2, 0.25) is 0 Å². The second kappa shape index (κ2) is 10.8. The van der Waals surface area contributed by atoms with Crippen LogP contribution >= 0.6 is 11.6 Å². The number of nitrogens with two attached hydrogens (primary N) is 1. The number of aryl methyl sites for hydroxylation is 2. The van der Waals surface area contributed by atoms with Crippen molar-refractivity contribution in [3.63, 3.8) is 0 Å². The highest BCUT2D eigenvalue weighted by Gasteiger charge is 2.38. The standard InChI is InChI=1S/C17H18ClN5O3.C2HF3O2/c1-10-7-14(22-26-10)17(24)21-11-3-4-15(25-6-5-19)12(8-11)16-13(18)9-20-23(16)2;3-2(4,5)1(6)7/h3-4,7-9H,5-6,19H2,1-2H3,(H,21,24);(H,6,7). The van der Waals surface area contributed by atoms with Crippen molar-refractivity contribution in [1.29, 1.82) is 0 Å². The van der Waals surface area contributed by atoms with E-state index in [1.807, 2.05) is 0 Å². The number of ether oxygens (including phenoxy) is 1. The fraction of sp³-hybridized carbons (Fsp3) is 0.263. The van der Waals surface area contributed by atoms with Crippen molar-refractivity contribution in [3.8, 4) is 17.0 Å². The molecular weight excluding hydrogens is 471 g/mol. The first-order valence-corrected chi connectivity index (χ1v) is 9.51. The Hall–Kier alpha value is -3.58. The maximum atomic E-state index is 12.3. The van der Waals surface area contributed by atoms with E-state index in [0.717, 1.165) is 0 Å². The summed E-state index contributed by atoms with van der Waals surface area (Å²) in [6.07, 6.45) is -3.53. The molecule has 1 aromatic carbocycles. The number of carbonyl (C=O) groups excluding carboxylic acids is 1. The van der Waals surface area contributed by atoms with Crippen LogP contribution in [0.15, 0.2) is 35.0 Å².